The van der Waals surface area contributed by atoms with E-state index in [9.17, 15) is 0 Å². The van der Waals surface area contributed by atoms with Crippen LogP contribution in [0.25, 0.3) is 0 Å². The van der Waals surface area contributed by atoms with Crippen LogP contribution in [0.4, 0.5) is 17.5 Å². The fourth-order valence-corrected chi connectivity index (χ4v) is 2.42. The van der Waals surface area contributed by atoms with Crippen LogP contribution >= 0.6 is 11.6 Å². The molecule has 24 heavy (non-hydrogen) atoms. The molecular formula is C18H17ClN4O. The zero-order chi connectivity index (χ0) is 16.8. The summed E-state index contributed by atoms with van der Waals surface area (Å²) in [6.07, 6.45) is 1.69. The van der Waals surface area contributed by atoms with Crippen molar-refractivity contribution in [2.75, 3.05) is 17.7 Å². The Morgan fingerprint density at radius 2 is 1.83 bits per heavy atom. The molecule has 0 radical (unpaired) electrons. The minimum Gasteiger partial charge on any atom is -0.496 e. The van der Waals surface area contributed by atoms with Gasteiger partial charge < -0.3 is 15.4 Å². The molecule has 0 atom stereocenters. The molecular weight excluding hydrogens is 324 g/mol. The van der Waals surface area contributed by atoms with Gasteiger partial charge >= 0.3 is 0 Å². The first-order valence-electron chi connectivity index (χ1n) is 7.46. The van der Waals surface area contributed by atoms with Gasteiger partial charge in [0.1, 0.15) is 11.6 Å². The highest BCUT2D eigenvalue weighted by atomic mass is 35.5. The average molecular weight is 341 g/mol. The van der Waals surface area contributed by atoms with E-state index in [-0.39, 0.29) is 0 Å². The standard InChI is InChI=1S/C18H17ClN4O/c1-24-16-9-5-2-6-13(16)12-21-17-10-11-20-18(23-17)22-15-8-4-3-7-14(15)19/h2-11H,12H2,1H3,(H2,20,21,22,23). The van der Waals surface area contributed by atoms with E-state index in [0.717, 1.165) is 17.0 Å². The monoisotopic (exact) mass is 340 g/mol. The molecule has 5 nitrogen and oxygen atoms in total. The first-order chi connectivity index (χ1) is 11.8. The van der Waals surface area contributed by atoms with E-state index in [1.165, 1.54) is 0 Å². The van der Waals surface area contributed by atoms with Crippen molar-refractivity contribution in [3.63, 3.8) is 0 Å². The van der Waals surface area contributed by atoms with Crippen molar-refractivity contribution >= 4 is 29.1 Å². The van der Waals surface area contributed by atoms with Crippen molar-refractivity contribution in [2.24, 2.45) is 0 Å². The molecule has 2 aromatic carbocycles. The van der Waals surface area contributed by atoms with Crippen molar-refractivity contribution in [1.82, 2.24) is 9.97 Å². The SMILES string of the molecule is COc1ccccc1CNc1ccnc(Nc2ccccc2Cl)n1. The van der Waals surface area contributed by atoms with Gasteiger partial charge in [0.15, 0.2) is 0 Å². The Bertz CT molecular complexity index is 825. The van der Waals surface area contributed by atoms with Gasteiger partial charge in [-0.25, -0.2) is 4.98 Å². The zero-order valence-corrected chi connectivity index (χ0v) is 13.9. The molecule has 1 heterocycles. The van der Waals surface area contributed by atoms with E-state index >= 15 is 0 Å². The van der Waals surface area contributed by atoms with Gasteiger partial charge in [-0.1, -0.05) is 41.9 Å². The number of methoxy groups -OCH3 is 1. The largest absolute Gasteiger partial charge is 0.496 e. The zero-order valence-electron chi connectivity index (χ0n) is 13.2. The number of hydrogen-bond acceptors (Lipinski definition) is 5. The van der Waals surface area contributed by atoms with Crippen LogP contribution in [0.1, 0.15) is 5.56 Å². The number of anilines is 3. The van der Waals surface area contributed by atoms with Crippen molar-refractivity contribution in [3.05, 3.63) is 71.4 Å². The Morgan fingerprint density at radius 1 is 1.04 bits per heavy atom. The third-order valence-electron chi connectivity index (χ3n) is 3.43. The molecule has 1 aromatic heterocycles. The summed E-state index contributed by atoms with van der Waals surface area (Å²) in [4.78, 5) is 8.67. The summed E-state index contributed by atoms with van der Waals surface area (Å²) in [6, 6.07) is 17.1. The number of nitrogens with zero attached hydrogens (tertiary/aromatic N) is 2. The molecule has 2 N–H and O–H groups in total. The van der Waals surface area contributed by atoms with Crippen LogP contribution in [0.3, 0.4) is 0 Å². The van der Waals surface area contributed by atoms with E-state index in [0.29, 0.717) is 23.3 Å². The minimum atomic E-state index is 0.480. The molecule has 0 saturated carbocycles. The lowest BCUT2D eigenvalue weighted by Gasteiger charge is -2.11. The smallest absolute Gasteiger partial charge is 0.229 e. The van der Waals surface area contributed by atoms with E-state index in [4.69, 9.17) is 16.3 Å². The minimum absolute atomic E-state index is 0.480. The Balaban J connectivity index is 1.70. The number of hydrogen-bond donors (Lipinski definition) is 2. The predicted octanol–water partition coefficient (Wildman–Crippen LogP) is 4.49. The molecule has 0 unspecified atom stereocenters. The van der Waals surface area contributed by atoms with Crippen LogP contribution in [-0.4, -0.2) is 17.1 Å². The van der Waals surface area contributed by atoms with E-state index < -0.39 is 0 Å². The summed E-state index contributed by atoms with van der Waals surface area (Å²) in [7, 11) is 1.66. The molecule has 0 aliphatic heterocycles. The lowest BCUT2D eigenvalue weighted by molar-refractivity contribution is 0.410. The Morgan fingerprint density at radius 3 is 2.67 bits per heavy atom. The molecule has 3 rings (SSSR count). The molecule has 0 spiro atoms. The van der Waals surface area contributed by atoms with Gasteiger partial charge in [-0.15, -0.1) is 0 Å². The molecule has 0 aliphatic carbocycles. The summed E-state index contributed by atoms with van der Waals surface area (Å²) in [5.74, 6) is 2.03. The van der Waals surface area contributed by atoms with Crippen molar-refractivity contribution < 1.29 is 4.74 Å². The molecule has 0 bridgehead atoms. The average Bonchev–Trinajstić information content (AvgIpc) is 2.62. The van der Waals surface area contributed by atoms with Crippen LogP contribution in [-0.2, 0) is 6.54 Å². The van der Waals surface area contributed by atoms with Gasteiger partial charge in [0, 0.05) is 18.3 Å². The Kier molecular flexibility index (Phi) is 5.13. The van der Waals surface area contributed by atoms with Gasteiger partial charge in [-0.05, 0) is 24.3 Å². The summed E-state index contributed by atoms with van der Waals surface area (Å²) < 4.78 is 5.35. The summed E-state index contributed by atoms with van der Waals surface area (Å²) in [6.45, 7) is 0.604. The van der Waals surface area contributed by atoms with E-state index in [2.05, 4.69) is 20.6 Å². The molecule has 0 saturated heterocycles. The summed E-state index contributed by atoms with van der Waals surface area (Å²) in [5, 5.41) is 7.01. The maximum absolute atomic E-state index is 6.14. The highest BCUT2D eigenvalue weighted by molar-refractivity contribution is 6.33. The Hall–Kier alpha value is -2.79. The van der Waals surface area contributed by atoms with Gasteiger partial charge in [0.25, 0.3) is 0 Å². The van der Waals surface area contributed by atoms with Gasteiger partial charge in [0.05, 0.1) is 17.8 Å². The van der Waals surface area contributed by atoms with Crippen molar-refractivity contribution in [2.45, 2.75) is 6.54 Å². The maximum Gasteiger partial charge on any atom is 0.229 e. The predicted molar refractivity (Wildman–Crippen MR) is 97.1 cm³/mol. The number of ether oxygens (including phenoxy) is 1. The summed E-state index contributed by atoms with van der Waals surface area (Å²) in [5.41, 5.74) is 1.82. The van der Waals surface area contributed by atoms with Crippen LogP contribution < -0.4 is 15.4 Å². The highest BCUT2D eigenvalue weighted by Crippen LogP contribution is 2.24. The second-order valence-corrected chi connectivity index (χ2v) is 5.44. The van der Waals surface area contributed by atoms with Crippen LogP contribution in [0.5, 0.6) is 5.75 Å². The van der Waals surface area contributed by atoms with Gasteiger partial charge in [-0.2, -0.15) is 4.98 Å². The van der Waals surface area contributed by atoms with E-state index in [1.807, 2.05) is 54.6 Å². The maximum atomic E-state index is 6.14. The molecule has 0 amide bonds. The quantitative estimate of drug-likeness (QED) is 0.692. The van der Waals surface area contributed by atoms with Crippen LogP contribution in [0.15, 0.2) is 60.8 Å². The van der Waals surface area contributed by atoms with Crippen LogP contribution in [0, 0.1) is 0 Å². The molecule has 122 valence electrons. The number of para-hydroxylation sites is 2. The number of rotatable bonds is 6. The third kappa shape index (κ3) is 3.94. The lowest BCUT2D eigenvalue weighted by atomic mass is 10.2. The molecule has 0 fully saturated rings. The van der Waals surface area contributed by atoms with Gasteiger partial charge in [0.2, 0.25) is 5.95 Å². The normalized spacial score (nSPS) is 10.2. The molecule has 6 heteroatoms. The van der Waals surface area contributed by atoms with Crippen molar-refractivity contribution in [3.8, 4) is 5.75 Å². The first-order valence-corrected chi connectivity index (χ1v) is 7.84. The second kappa shape index (κ2) is 7.66. The highest BCUT2D eigenvalue weighted by Gasteiger charge is 2.05. The van der Waals surface area contributed by atoms with E-state index in [1.54, 1.807) is 13.3 Å². The lowest BCUT2D eigenvalue weighted by Crippen LogP contribution is -2.05. The molecule has 0 aliphatic rings. The fraction of sp³-hybridized carbons (Fsp3) is 0.111. The van der Waals surface area contributed by atoms with Gasteiger partial charge in [-0.3, -0.25) is 0 Å². The second-order valence-electron chi connectivity index (χ2n) is 5.04. The number of benzene rings is 2. The topological polar surface area (TPSA) is 59.1 Å². The molecule has 3 aromatic rings. The third-order valence-corrected chi connectivity index (χ3v) is 3.76. The Labute approximate surface area is 145 Å². The first kappa shape index (κ1) is 16.1. The number of halogens is 1. The fourth-order valence-electron chi connectivity index (χ4n) is 2.24. The summed E-state index contributed by atoms with van der Waals surface area (Å²) >= 11 is 6.14. The number of nitrogens with one attached hydrogen (secondary N) is 2. The van der Waals surface area contributed by atoms with Crippen LogP contribution in [0.2, 0.25) is 5.02 Å². The number of aromatic nitrogens is 2. The van der Waals surface area contributed by atoms with Crippen molar-refractivity contribution in [1.29, 1.82) is 0 Å².